The molecule has 5 nitrogen and oxygen atoms in total. The molecule has 1 aliphatic rings. The number of thiophene rings is 1. The Kier molecular flexibility index (Phi) is 5.27. The predicted octanol–water partition coefficient (Wildman–Crippen LogP) is 2.88. The molecular formula is C18H21N3O2S. The zero-order valence-corrected chi connectivity index (χ0v) is 14.4. The summed E-state index contributed by atoms with van der Waals surface area (Å²) in [5.74, 6) is -0.158. The highest BCUT2D eigenvalue weighted by atomic mass is 32.1. The minimum atomic E-state index is -0.135. The van der Waals surface area contributed by atoms with Crippen LogP contribution in [0.3, 0.4) is 0 Å². The quantitative estimate of drug-likeness (QED) is 0.877. The molecule has 0 radical (unpaired) electrons. The molecule has 1 fully saturated rings. The van der Waals surface area contributed by atoms with Gasteiger partial charge in [-0.25, -0.2) is 0 Å². The van der Waals surface area contributed by atoms with E-state index in [9.17, 15) is 9.59 Å². The van der Waals surface area contributed by atoms with E-state index in [1.807, 2.05) is 0 Å². The van der Waals surface area contributed by atoms with Gasteiger partial charge in [0.1, 0.15) is 0 Å². The van der Waals surface area contributed by atoms with Gasteiger partial charge >= 0.3 is 0 Å². The highest BCUT2D eigenvalue weighted by molar-refractivity contribution is 7.10. The maximum Gasteiger partial charge on any atom is 0.251 e. The molecule has 1 aliphatic heterocycles. The molecule has 3 rings (SSSR count). The van der Waals surface area contributed by atoms with Crippen LogP contribution in [0.15, 0.2) is 41.8 Å². The monoisotopic (exact) mass is 343 g/mol. The number of nitrogens with zero attached hydrogens (tertiary/aromatic N) is 1. The number of likely N-dealkylation sites (tertiary alicyclic amines) is 1. The van der Waals surface area contributed by atoms with Gasteiger partial charge in [-0.15, -0.1) is 11.3 Å². The topological polar surface area (TPSA) is 61.4 Å². The fraction of sp³-hybridized carbons (Fsp3) is 0.333. The molecule has 2 heterocycles. The van der Waals surface area contributed by atoms with Crippen LogP contribution in [0.25, 0.3) is 0 Å². The van der Waals surface area contributed by atoms with E-state index in [-0.39, 0.29) is 11.8 Å². The van der Waals surface area contributed by atoms with E-state index in [4.69, 9.17) is 0 Å². The Morgan fingerprint density at radius 1 is 1.25 bits per heavy atom. The van der Waals surface area contributed by atoms with Crippen molar-refractivity contribution < 1.29 is 9.59 Å². The molecule has 0 saturated carbocycles. The third-order valence-corrected chi connectivity index (χ3v) is 5.21. The molecule has 0 spiro atoms. The Labute approximate surface area is 145 Å². The SMILES string of the molecule is CNC(=O)c1ccc(NC(=O)CN2CCC[C@@H]2c2cccs2)cc1. The summed E-state index contributed by atoms with van der Waals surface area (Å²) >= 11 is 1.75. The van der Waals surface area contributed by atoms with Crippen molar-refractivity contribution in [1.82, 2.24) is 10.2 Å². The first-order valence-electron chi connectivity index (χ1n) is 8.07. The van der Waals surface area contributed by atoms with Gasteiger partial charge in [0.25, 0.3) is 5.91 Å². The molecule has 6 heteroatoms. The summed E-state index contributed by atoms with van der Waals surface area (Å²) < 4.78 is 0. The molecule has 2 aromatic rings. The summed E-state index contributed by atoms with van der Waals surface area (Å²) in [5, 5.41) is 7.57. The van der Waals surface area contributed by atoms with Crippen molar-refractivity contribution in [3.63, 3.8) is 0 Å². The summed E-state index contributed by atoms with van der Waals surface area (Å²) in [6.45, 7) is 1.34. The number of hydrogen-bond donors (Lipinski definition) is 2. The number of carbonyl (C=O) groups excluding carboxylic acids is 2. The fourth-order valence-electron chi connectivity index (χ4n) is 3.05. The number of anilines is 1. The molecule has 24 heavy (non-hydrogen) atoms. The van der Waals surface area contributed by atoms with Gasteiger partial charge in [0.2, 0.25) is 5.91 Å². The van der Waals surface area contributed by atoms with Gasteiger partial charge in [-0.2, -0.15) is 0 Å². The molecule has 126 valence electrons. The largest absolute Gasteiger partial charge is 0.355 e. The van der Waals surface area contributed by atoms with Gasteiger partial charge in [-0.3, -0.25) is 14.5 Å². The minimum Gasteiger partial charge on any atom is -0.355 e. The standard InChI is InChI=1S/C18H21N3O2S/c1-19-18(23)13-6-8-14(9-7-13)20-17(22)12-21-10-2-4-15(21)16-5-3-11-24-16/h3,5-9,11,15H,2,4,10,12H2,1H3,(H,19,23)(H,20,22)/t15-/m1/s1. The van der Waals surface area contributed by atoms with E-state index >= 15 is 0 Å². The van der Waals surface area contributed by atoms with Crippen molar-refractivity contribution in [2.75, 3.05) is 25.5 Å². The van der Waals surface area contributed by atoms with Crippen molar-refractivity contribution >= 4 is 28.8 Å². The molecule has 2 N–H and O–H groups in total. The van der Waals surface area contributed by atoms with Crippen molar-refractivity contribution in [3.8, 4) is 0 Å². The van der Waals surface area contributed by atoms with Crippen molar-refractivity contribution in [1.29, 1.82) is 0 Å². The van der Waals surface area contributed by atoms with E-state index in [1.165, 1.54) is 4.88 Å². The van der Waals surface area contributed by atoms with Crippen molar-refractivity contribution in [2.45, 2.75) is 18.9 Å². The van der Waals surface area contributed by atoms with E-state index in [2.05, 4.69) is 33.0 Å². The van der Waals surface area contributed by atoms with Gasteiger partial charge in [-0.1, -0.05) is 6.07 Å². The third kappa shape index (κ3) is 3.83. The molecule has 0 unspecified atom stereocenters. The second-order valence-electron chi connectivity index (χ2n) is 5.85. The van der Waals surface area contributed by atoms with Crippen molar-refractivity contribution in [2.24, 2.45) is 0 Å². The van der Waals surface area contributed by atoms with Gasteiger partial charge in [-0.05, 0) is 55.1 Å². The maximum absolute atomic E-state index is 12.3. The van der Waals surface area contributed by atoms with Crippen LogP contribution >= 0.6 is 11.3 Å². The van der Waals surface area contributed by atoms with Crippen LogP contribution in [-0.2, 0) is 4.79 Å². The second-order valence-corrected chi connectivity index (χ2v) is 6.83. The minimum absolute atomic E-state index is 0.0221. The summed E-state index contributed by atoms with van der Waals surface area (Å²) in [6.07, 6.45) is 2.23. The summed E-state index contributed by atoms with van der Waals surface area (Å²) in [5.41, 5.74) is 1.28. The van der Waals surface area contributed by atoms with Gasteiger partial charge in [0, 0.05) is 29.2 Å². The zero-order chi connectivity index (χ0) is 16.9. The lowest BCUT2D eigenvalue weighted by atomic mass is 10.2. The van der Waals surface area contributed by atoms with Crippen molar-refractivity contribution in [3.05, 3.63) is 52.2 Å². The lowest BCUT2D eigenvalue weighted by Crippen LogP contribution is -2.32. The maximum atomic E-state index is 12.3. The predicted molar refractivity (Wildman–Crippen MR) is 96.3 cm³/mol. The molecular weight excluding hydrogens is 322 g/mol. The smallest absolute Gasteiger partial charge is 0.251 e. The first-order valence-corrected chi connectivity index (χ1v) is 8.95. The van der Waals surface area contributed by atoms with Gasteiger partial charge in [0.15, 0.2) is 0 Å². The van der Waals surface area contributed by atoms with Crippen LogP contribution in [0.5, 0.6) is 0 Å². The van der Waals surface area contributed by atoms with Crippen LogP contribution in [0.1, 0.15) is 34.1 Å². The highest BCUT2D eigenvalue weighted by Crippen LogP contribution is 2.34. The number of carbonyl (C=O) groups is 2. The first-order chi connectivity index (χ1) is 11.7. The second kappa shape index (κ2) is 7.59. The number of amides is 2. The van der Waals surface area contributed by atoms with Crippen LogP contribution in [0.2, 0.25) is 0 Å². The molecule has 1 saturated heterocycles. The molecule has 1 atom stereocenters. The number of nitrogens with one attached hydrogen (secondary N) is 2. The van der Waals surface area contributed by atoms with Crippen LogP contribution in [0.4, 0.5) is 5.69 Å². The number of benzene rings is 1. The Balaban J connectivity index is 1.58. The lowest BCUT2D eigenvalue weighted by molar-refractivity contribution is -0.117. The van der Waals surface area contributed by atoms with Gasteiger partial charge < -0.3 is 10.6 Å². The van der Waals surface area contributed by atoms with E-state index in [0.29, 0.717) is 23.8 Å². The molecule has 0 bridgehead atoms. The lowest BCUT2D eigenvalue weighted by Gasteiger charge is -2.22. The number of rotatable bonds is 5. The number of hydrogen-bond acceptors (Lipinski definition) is 4. The highest BCUT2D eigenvalue weighted by Gasteiger charge is 2.28. The van der Waals surface area contributed by atoms with Crippen LogP contribution in [-0.4, -0.2) is 36.9 Å². The average molecular weight is 343 g/mol. The zero-order valence-electron chi connectivity index (χ0n) is 13.6. The Bertz CT molecular complexity index is 698. The van der Waals surface area contributed by atoms with E-state index < -0.39 is 0 Å². The summed E-state index contributed by atoms with van der Waals surface area (Å²) in [6, 6.07) is 11.5. The normalized spacial score (nSPS) is 17.6. The summed E-state index contributed by atoms with van der Waals surface area (Å²) in [4.78, 5) is 27.4. The fourth-order valence-corrected chi connectivity index (χ4v) is 3.95. The molecule has 1 aromatic heterocycles. The Morgan fingerprint density at radius 3 is 2.71 bits per heavy atom. The average Bonchev–Trinajstić information content (AvgIpc) is 3.26. The Morgan fingerprint density at radius 2 is 2.04 bits per heavy atom. The molecule has 0 aliphatic carbocycles. The first kappa shape index (κ1) is 16.7. The van der Waals surface area contributed by atoms with Crippen LogP contribution < -0.4 is 10.6 Å². The molecule has 2 amide bonds. The molecule has 1 aromatic carbocycles. The van der Waals surface area contributed by atoms with E-state index in [1.54, 1.807) is 42.6 Å². The van der Waals surface area contributed by atoms with Crippen LogP contribution in [0, 0.1) is 0 Å². The van der Waals surface area contributed by atoms with E-state index in [0.717, 1.165) is 19.4 Å². The Hall–Kier alpha value is -2.18. The third-order valence-electron chi connectivity index (χ3n) is 4.24. The van der Waals surface area contributed by atoms with Gasteiger partial charge in [0.05, 0.1) is 6.54 Å². The summed E-state index contributed by atoms with van der Waals surface area (Å²) in [7, 11) is 1.60.